The van der Waals surface area contributed by atoms with Crippen molar-refractivity contribution < 1.29 is 4.79 Å². The number of nitrogens with one attached hydrogen (secondary N) is 2. The SMILES string of the molecule is O=C1/C(=C\c2ccccc2)NC(=S)N1CNc1cccc(Cl)c1. The van der Waals surface area contributed by atoms with Gasteiger partial charge in [0.15, 0.2) is 5.11 Å². The smallest absolute Gasteiger partial charge is 0.278 e. The van der Waals surface area contributed by atoms with Gasteiger partial charge in [0.2, 0.25) is 0 Å². The second-order valence-electron chi connectivity index (χ2n) is 4.98. The molecule has 1 saturated heterocycles. The maximum Gasteiger partial charge on any atom is 0.278 e. The molecule has 6 heteroatoms. The molecule has 1 aliphatic heterocycles. The summed E-state index contributed by atoms with van der Waals surface area (Å²) in [5.74, 6) is -0.159. The number of carbonyl (C=O) groups is 1. The number of carbonyl (C=O) groups excluding carboxylic acids is 1. The summed E-state index contributed by atoms with van der Waals surface area (Å²) in [6.07, 6.45) is 1.79. The standard InChI is InChI=1S/C17H14ClN3OS/c18-13-7-4-8-14(10-13)19-11-21-16(22)15(20-17(21)23)9-12-5-2-1-3-6-12/h1-10,19H,11H2,(H,20,23)/b15-9+. The maximum atomic E-state index is 12.5. The van der Waals surface area contributed by atoms with E-state index in [-0.39, 0.29) is 12.6 Å². The van der Waals surface area contributed by atoms with Crippen LogP contribution in [0.25, 0.3) is 6.08 Å². The quantitative estimate of drug-likeness (QED) is 0.659. The summed E-state index contributed by atoms with van der Waals surface area (Å²) in [6, 6.07) is 16.9. The lowest BCUT2D eigenvalue weighted by atomic mass is 10.2. The van der Waals surface area contributed by atoms with Crippen molar-refractivity contribution in [2.75, 3.05) is 12.0 Å². The van der Waals surface area contributed by atoms with Gasteiger partial charge in [-0.05, 0) is 42.1 Å². The molecule has 1 fully saturated rings. The highest BCUT2D eigenvalue weighted by molar-refractivity contribution is 7.80. The lowest BCUT2D eigenvalue weighted by Gasteiger charge is -2.15. The summed E-state index contributed by atoms with van der Waals surface area (Å²) in [4.78, 5) is 13.9. The number of rotatable bonds is 4. The summed E-state index contributed by atoms with van der Waals surface area (Å²) in [5, 5.41) is 7.11. The van der Waals surface area contributed by atoms with E-state index in [1.807, 2.05) is 42.5 Å². The van der Waals surface area contributed by atoms with Crippen molar-refractivity contribution in [3.05, 3.63) is 70.9 Å². The summed E-state index contributed by atoms with van der Waals surface area (Å²) in [5.41, 5.74) is 2.23. The molecule has 2 aromatic carbocycles. The van der Waals surface area contributed by atoms with Crippen LogP contribution in [0.5, 0.6) is 0 Å². The lowest BCUT2D eigenvalue weighted by molar-refractivity contribution is -0.122. The first-order chi connectivity index (χ1) is 11.1. The minimum absolute atomic E-state index is 0.159. The zero-order chi connectivity index (χ0) is 16.2. The molecule has 23 heavy (non-hydrogen) atoms. The predicted molar refractivity (Wildman–Crippen MR) is 96.9 cm³/mol. The van der Waals surface area contributed by atoms with Crippen LogP contribution in [-0.4, -0.2) is 22.6 Å². The largest absolute Gasteiger partial charge is 0.367 e. The van der Waals surface area contributed by atoms with E-state index in [9.17, 15) is 4.79 Å². The molecule has 1 amide bonds. The molecule has 0 spiro atoms. The molecule has 0 radical (unpaired) electrons. The molecular formula is C17H14ClN3OS. The molecule has 2 aromatic rings. The van der Waals surface area contributed by atoms with Crippen molar-refractivity contribution in [2.24, 2.45) is 0 Å². The minimum Gasteiger partial charge on any atom is -0.367 e. The zero-order valence-corrected chi connectivity index (χ0v) is 13.7. The summed E-state index contributed by atoms with van der Waals surface area (Å²) in [6.45, 7) is 0.275. The fraction of sp³-hybridized carbons (Fsp3) is 0.0588. The Balaban J connectivity index is 1.70. The van der Waals surface area contributed by atoms with Gasteiger partial charge in [0.25, 0.3) is 5.91 Å². The number of thiocarbonyl (C=S) groups is 1. The van der Waals surface area contributed by atoms with Gasteiger partial charge in [-0.25, -0.2) is 0 Å². The Hall–Kier alpha value is -2.37. The Bertz CT molecular complexity index is 776. The highest BCUT2D eigenvalue weighted by Crippen LogP contribution is 2.17. The third-order valence-corrected chi connectivity index (χ3v) is 3.90. The number of halogens is 1. The predicted octanol–water partition coefficient (Wildman–Crippen LogP) is 3.47. The molecule has 4 nitrogen and oxygen atoms in total. The molecule has 0 aromatic heterocycles. The van der Waals surface area contributed by atoms with E-state index >= 15 is 0 Å². The van der Waals surface area contributed by atoms with Crippen LogP contribution in [0.15, 0.2) is 60.3 Å². The van der Waals surface area contributed by atoms with Gasteiger partial charge in [0.05, 0.1) is 6.67 Å². The van der Waals surface area contributed by atoms with E-state index < -0.39 is 0 Å². The first-order valence-electron chi connectivity index (χ1n) is 7.02. The monoisotopic (exact) mass is 343 g/mol. The van der Waals surface area contributed by atoms with Crippen LogP contribution in [0, 0.1) is 0 Å². The van der Waals surface area contributed by atoms with Crippen LogP contribution >= 0.6 is 23.8 Å². The van der Waals surface area contributed by atoms with Gasteiger partial charge in [-0.3, -0.25) is 9.69 Å². The van der Waals surface area contributed by atoms with E-state index in [1.54, 1.807) is 18.2 Å². The van der Waals surface area contributed by atoms with Crippen molar-refractivity contribution in [2.45, 2.75) is 0 Å². The number of hydrogen-bond acceptors (Lipinski definition) is 3. The van der Waals surface area contributed by atoms with E-state index in [0.717, 1.165) is 11.3 Å². The Morgan fingerprint density at radius 1 is 1.17 bits per heavy atom. The Kier molecular flexibility index (Phi) is 4.60. The zero-order valence-electron chi connectivity index (χ0n) is 12.1. The van der Waals surface area contributed by atoms with Gasteiger partial charge >= 0.3 is 0 Å². The number of anilines is 1. The Labute approximate surface area is 144 Å². The molecule has 1 aliphatic rings. The molecule has 3 rings (SSSR count). The fourth-order valence-corrected chi connectivity index (χ4v) is 2.65. The van der Waals surface area contributed by atoms with Gasteiger partial charge in [0, 0.05) is 10.7 Å². The molecule has 0 bridgehead atoms. The summed E-state index contributed by atoms with van der Waals surface area (Å²) >= 11 is 11.2. The van der Waals surface area contributed by atoms with Crippen LogP contribution in [-0.2, 0) is 4.79 Å². The third kappa shape index (κ3) is 3.70. The minimum atomic E-state index is -0.159. The summed E-state index contributed by atoms with van der Waals surface area (Å²) in [7, 11) is 0. The number of amides is 1. The van der Waals surface area contributed by atoms with Crippen molar-refractivity contribution in [3.63, 3.8) is 0 Å². The van der Waals surface area contributed by atoms with Gasteiger partial charge < -0.3 is 10.6 Å². The normalized spacial score (nSPS) is 15.9. The molecule has 1 heterocycles. The topological polar surface area (TPSA) is 44.4 Å². The number of benzene rings is 2. The van der Waals surface area contributed by atoms with Gasteiger partial charge in [-0.1, -0.05) is 48.0 Å². The molecule has 0 saturated carbocycles. The first kappa shape index (κ1) is 15.5. The van der Waals surface area contributed by atoms with E-state index in [2.05, 4.69) is 10.6 Å². The molecule has 0 aliphatic carbocycles. The number of nitrogens with zero attached hydrogens (tertiary/aromatic N) is 1. The fourth-order valence-electron chi connectivity index (χ4n) is 2.20. The van der Waals surface area contributed by atoms with Crippen molar-refractivity contribution in [3.8, 4) is 0 Å². The van der Waals surface area contributed by atoms with Crippen molar-refractivity contribution >= 4 is 46.6 Å². The molecule has 116 valence electrons. The van der Waals surface area contributed by atoms with Crippen LogP contribution < -0.4 is 10.6 Å². The number of hydrogen-bond donors (Lipinski definition) is 2. The highest BCUT2D eigenvalue weighted by Gasteiger charge is 2.30. The Morgan fingerprint density at radius 2 is 1.96 bits per heavy atom. The van der Waals surface area contributed by atoms with Crippen LogP contribution in [0.1, 0.15) is 5.56 Å². The van der Waals surface area contributed by atoms with E-state index in [1.165, 1.54) is 4.90 Å². The van der Waals surface area contributed by atoms with Gasteiger partial charge in [-0.2, -0.15) is 0 Å². The molecular weight excluding hydrogens is 330 g/mol. The maximum absolute atomic E-state index is 12.5. The lowest BCUT2D eigenvalue weighted by Crippen LogP contribution is -2.35. The van der Waals surface area contributed by atoms with Crippen molar-refractivity contribution in [1.29, 1.82) is 0 Å². The summed E-state index contributed by atoms with van der Waals surface area (Å²) < 4.78 is 0. The average molecular weight is 344 g/mol. The molecule has 0 atom stereocenters. The van der Waals surface area contributed by atoms with Crippen LogP contribution in [0.4, 0.5) is 5.69 Å². The van der Waals surface area contributed by atoms with Crippen LogP contribution in [0.3, 0.4) is 0 Å². The van der Waals surface area contributed by atoms with Gasteiger partial charge in [0.1, 0.15) is 5.70 Å². The first-order valence-corrected chi connectivity index (χ1v) is 7.81. The molecule has 0 unspecified atom stereocenters. The second kappa shape index (κ2) is 6.81. The van der Waals surface area contributed by atoms with Gasteiger partial charge in [-0.15, -0.1) is 0 Å². The van der Waals surface area contributed by atoms with Crippen LogP contribution in [0.2, 0.25) is 5.02 Å². The Morgan fingerprint density at radius 3 is 2.70 bits per heavy atom. The molecule has 2 N–H and O–H groups in total. The van der Waals surface area contributed by atoms with E-state index in [4.69, 9.17) is 23.8 Å². The highest BCUT2D eigenvalue weighted by atomic mass is 35.5. The second-order valence-corrected chi connectivity index (χ2v) is 5.80. The third-order valence-electron chi connectivity index (χ3n) is 3.34. The van der Waals surface area contributed by atoms with E-state index in [0.29, 0.717) is 15.8 Å². The average Bonchev–Trinajstić information content (AvgIpc) is 2.80. The van der Waals surface area contributed by atoms with Crippen molar-refractivity contribution in [1.82, 2.24) is 10.2 Å².